The Balaban J connectivity index is 1.52. The summed E-state index contributed by atoms with van der Waals surface area (Å²) < 4.78 is 5.20. The van der Waals surface area contributed by atoms with Gasteiger partial charge in [-0.15, -0.1) is 0 Å². The minimum atomic E-state index is -0.860. The molecule has 2 aromatic rings. The predicted molar refractivity (Wildman–Crippen MR) is 99.5 cm³/mol. The molecular formula is C17H17BClN5O2. The molecule has 0 saturated heterocycles. The molecule has 0 unspecified atom stereocenters. The Morgan fingerprint density at radius 1 is 1.38 bits per heavy atom. The van der Waals surface area contributed by atoms with Crippen molar-refractivity contribution < 1.29 is 9.68 Å². The Morgan fingerprint density at radius 3 is 3.12 bits per heavy atom. The lowest BCUT2D eigenvalue weighted by molar-refractivity contribution is 0.275. The molecule has 7 nitrogen and oxygen atoms in total. The van der Waals surface area contributed by atoms with Crippen LogP contribution in [0.4, 0.5) is 17.5 Å². The van der Waals surface area contributed by atoms with Crippen LogP contribution in [0.3, 0.4) is 0 Å². The summed E-state index contributed by atoms with van der Waals surface area (Å²) in [5.41, 5.74) is 2.50. The Hall–Kier alpha value is -2.34. The molecule has 0 radical (unpaired) electrons. The maximum Gasteiger partial charge on any atom is 0.491 e. The summed E-state index contributed by atoms with van der Waals surface area (Å²) in [5, 5.41) is 25.8. The van der Waals surface area contributed by atoms with E-state index in [1.807, 2.05) is 18.2 Å². The average molecular weight is 370 g/mol. The van der Waals surface area contributed by atoms with Gasteiger partial charge in [0.1, 0.15) is 5.02 Å². The minimum Gasteiger partial charge on any atom is -0.423 e. The van der Waals surface area contributed by atoms with E-state index in [0.717, 1.165) is 36.0 Å². The number of hydrogen-bond donors (Lipinski definition) is 3. The molecule has 0 bridgehead atoms. The van der Waals surface area contributed by atoms with E-state index < -0.39 is 7.12 Å². The van der Waals surface area contributed by atoms with Crippen molar-refractivity contribution in [2.75, 3.05) is 10.6 Å². The zero-order chi connectivity index (χ0) is 18.1. The molecule has 9 heteroatoms. The maximum absolute atomic E-state index is 9.69. The van der Waals surface area contributed by atoms with E-state index in [9.17, 15) is 10.3 Å². The summed E-state index contributed by atoms with van der Waals surface area (Å²) >= 11 is 6.22. The van der Waals surface area contributed by atoms with Gasteiger partial charge < -0.3 is 20.3 Å². The van der Waals surface area contributed by atoms with Crippen LogP contribution in [0.15, 0.2) is 24.4 Å². The molecule has 1 saturated carbocycles. The first-order valence-electron chi connectivity index (χ1n) is 8.52. The van der Waals surface area contributed by atoms with Crippen LogP contribution in [0.25, 0.3) is 0 Å². The first-order valence-corrected chi connectivity index (χ1v) is 8.90. The fourth-order valence-corrected chi connectivity index (χ4v) is 3.57. The van der Waals surface area contributed by atoms with E-state index in [0.29, 0.717) is 23.4 Å². The molecule has 2 aliphatic rings. The second kappa shape index (κ2) is 7.12. The highest BCUT2D eigenvalue weighted by molar-refractivity contribution is 6.61. The van der Waals surface area contributed by atoms with Crippen LogP contribution in [0.1, 0.15) is 24.8 Å². The van der Waals surface area contributed by atoms with Crippen LogP contribution in [0.2, 0.25) is 5.02 Å². The smallest absolute Gasteiger partial charge is 0.423 e. The molecule has 1 aromatic heterocycles. The first-order chi connectivity index (χ1) is 12.6. The number of nitriles is 1. The van der Waals surface area contributed by atoms with E-state index in [-0.39, 0.29) is 12.0 Å². The number of nitrogens with zero attached hydrogens (tertiary/aromatic N) is 3. The molecule has 0 amide bonds. The van der Waals surface area contributed by atoms with Gasteiger partial charge in [-0.3, -0.25) is 0 Å². The van der Waals surface area contributed by atoms with Crippen LogP contribution in [0, 0.1) is 17.2 Å². The molecule has 3 N–H and O–H groups in total. The second-order valence-electron chi connectivity index (χ2n) is 6.51. The van der Waals surface area contributed by atoms with Crippen LogP contribution >= 0.6 is 11.6 Å². The molecule has 1 aliphatic heterocycles. The lowest BCUT2D eigenvalue weighted by Crippen LogP contribution is -2.27. The van der Waals surface area contributed by atoms with Gasteiger partial charge in [0.15, 0.2) is 5.82 Å². The standard InChI is InChI=1S/C17H17BClN5O2/c19-14-8-21-17(24-16(14)23-15-3-1-2-10(15)7-20)22-12-4-5-13-11(6-12)9-26-18(13)25/h4-6,8,10,15,25H,1-3,9H2,(H2,21,22,23,24)/t10-,15+/m0/s1. The monoisotopic (exact) mass is 369 g/mol. The fourth-order valence-electron chi connectivity index (χ4n) is 3.43. The topological polar surface area (TPSA) is 103 Å². The van der Waals surface area contributed by atoms with E-state index in [4.69, 9.17) is 16.3 Å². The van der Waals surface area contributed by atoms with Crippen molar-refractivity contribution in [3.8, 4) is 6.07 Å². The zero-order valence-electron chi connectivity index (χ0n) is 13.9. The van der Waals surface area contributed by atoms with Gasteiger partial charge in [0.25, 0.3) is 0 Å². The molecule has 1 fully saturated rings. The fraction of sp³-hybridized carbons (Fsp3) is 0.353. The van der Waals surface area contributed by atoms with Crippen molar-refractivity contribution in [2.45, 2.75) is 31.9 Å². The number of hydrogen-bond acceptors (Lipinski definition) is 7. The Kier molecular flexibility index (Phi) is 4.68. The molecular weight excluding hydrogens is 352 g/mol. The quantitative estimate of drug-likeness (QED) is 0.710. The van der Waals surface area contributed by atoms with Gasteiger partial charge in [-0.2, -0.15) is 10.2 Å². The third kappa shape index (κ3) is 3.34. The molecule has 26 heavy (non-hydrogen) atoms. The SMILES string of the molecule is N#C[C@@H]1CCC[C@H]1Nc1nc(Nc2ccc3c(c2)COB3O)ncc1Cl. The summed E-state index contributed by atoms with van der Waals surface area (Å²) in [5.74, 6) is 0.902. The highest BCUT2D eigenvalue weighted by atomic mass is 35.5. The Bertz CT molecular complexity index is 875. The molecule has 4 rings (SSSR count). The normalized spacial score (nSPS) is 21.3. The number of benzene rings is 1. The third-order valence-corrected chi connectivity index (χ3v) is 5.09. The van der Waals surface area contributed by atoms with E-state index in [2.05, 4.69) is 26.7 Å². The van der Waals surface area contributed by atoms with Gasteiger partial charge in [-0.05, 0) is 42.4 Å². The molecule has 2 heterocycles. The minimum absolute atomic E-state index is 0.0272. The lowest BCUT2D eigenvalue weighted by Gasteiger charge is -2.17. The molecule has 132 valence electrons. The number of fused-ring (bicyclic) bond motifs is 1. The molecule has 1 aliphatic carbocycles. The van der Waals surface area contributed by atoms with E-state index in [1.165, 1.54) is 6.20 Å². The Labute approximate surface area is 156 Å². The van der Waals surface area contributed by atoms with Crippen LogP contribution in [-0.4, -0.2) is 28.2 Å². The number of nitrogens with one attached hydrogen (secondary N) is 2. The maximum atomic E-state index is 9.69. The first kappa shape index (κ1) is 17.1. The number of halogens is 1. The lowest BCUT2D eigenvalue weighted by atomic mass is 9.79. The van der Waals surface area contributed by atoms with Crippen molar-refractivity contribution in [1.82, 2.24) is 9.97 Å². The Morgan fingerprint density at radius 2 is 2.27 bits per heavy atom. The summed E-state index contributed by atoms with van der Waals surface area (Å²) in [6.45, 7) is 0.373. The number of rotatable bonds is 4. The van der Waals surface area contributed by atoms with Gasteiger partial charge in [0, 0.05) is 11.7 Å². The number of aromatic nitrogens is 2. The molecule has 0 spiro atoms. The van der Waals surface area contributed by atoms with Crippen molar-refractivity contribution >= 4 is 41.6 Å². The van der Waals surface area contributed by atoms with Gasteiger partial charge in [-0.1, -0.05) is 17.7 Å². The summed E-state index contributed by atoms with van der Waals surface area (Å²) in [6.07, 6.45) is 4.38. The van der Waals surface area contributed by atoms with Crippen molar-refractivity contribution in [3.63, 3.8) is 0 Å². The van der Waals surface area contributed by atoms with Crippen molar-refractivity contribution in [1.29, 1.82) is 5.26 Å². The van der Waals surface area contributed by atoms with Crippen LogP contribution < -0.4 is 16.1 Å². The third-order valence-electron chi connectivity index (χ3n) is 4.81. The zero-order valence-corrected chi connectivity index (χ0v) is 14.7. The van der Waals surface area contributed by atoms with Gasteiger partial charge in [-0.25, -0.2) is 4.98 Å². The largest absolute Gasteiger partial charge is 0.491 e. The van der Waals surface area contributed by atoms with E-state index in [1.54, 1.807) is 0 Å². The van der Waals surface area contributed by atoms with Crippen molar-refractivity contribution in [3.05, 3.63) is 35.0 Å². The van der Waals surface area contributed by atoms with Gasteiger partial charge in [0.2, 0.25) is 5.95 Å². The summed E-state index contributed by atoms with van der Waals surface area (Å²) in [4.78, 5) is 8.67. The molecule has 1 aromatic carbocycles. The predicted octanol–water partition coefficient (Wildman–Crippen LogP) is 2.20. The average Bonchev–Trinajstić information content (AvgIpc) is 3.24. The van der Waals surface area contributed by atoms with Gasteiger partial charge in [0.05, 0.1) is 24.8 Å². The second-order valence-corrected chi connectivity index (χ2v) is 6.92. The van der Waals surface area contributed by atoms with Crippen LogP contribution in [0.5, 0.6) is 0 Å². The highest BCUT2D eigenvalue weighted by Crippen LogP contribution is 2.30. The van der Waals surface area contributed by atoms with Gasteiger partial charge >= 0.3 is 7.12 Å². The summed E-state index contributed by atoms with van der Waals surface area (Å²) in [7, 11) is -0.860. The van der Waals surface area contributed by atoms with E-state index >= 15 is 0 Å². The van der Waals surface area contributed by atoms with Crippen LogP contribution in [-0.2, 0) is 11.3 Å². The van der Waals surface area contributed by atoms with Crippen molar-refractivity contribution in [2.24, 2.45) is 5.92 Å². The summed E-state index contributed by atoms with van der Waals surface area (Å²) in [6, 6.07) is 7.95. The molecule has 2 atom stereocenters. The highest BCUT2D eigenvalue weighted by Gasteiger charge is 2.28. The number of anilines is 3.